The van der Waals surface area contributed by atoms with E-state index in [-0.39, 0.29) is 0 Å². The summed E-state index contributed by atoms with van der Waals surface area (Å²) in [4.78, 5) is 4.71. The van der Waals surface area contributed by atoms with Crippen LogP contribution in [0.3, 0.4) is 0 Å². The van der Waals surface area contributed by atoms with Gasteiger partial charge in [-0.25, -0.2) is 0 Å². The number of pyridine rings is 1. The fourth-order valence-corrected chi connectivity index (χ4v) is 3.48. The van der Waals surface area contributed by atoms with Crippen molar-refractivity contribution in [2.45, 2.75) is 45.1 Å². The number of aromatic nitrogens is 1. The number of benzene rings is 1. The molecule has 0 saturated heterocycles. The van der Waals surface area contributed by atoms with Gasteiger partial charge in [0.05, 0.1) is 11.1 Å². The lowest BCUT2D eigenvalue weighted by molar-refractivity contribution is -0.0566. The monoisotopic (exact) mass is 269 g/mol. The Bertz CT molecular complexity index is 609. The average Bonchev–Trinajstić information content (AvgIpc) is 2.43. The van der Waals surface area contributed by atoms with Crippen LogP contribution < -0.4 is 0 Å². The standard InChI is InChI=1S/C18H23NO/c1-13-7-8-14(2)18(20,11-13)12-16-10-9-15-5-3-4-6-17(15)19-16/h3-6,9-10,13-14,20H,7-8,11-12H2,1-2H3. The van der Waals surface area contributed by atoms with Crippen LogP contribution in [0.15, 0.2) is 36.4 Å². The molecule has 0 amide bonds. The van der Waals surface area contributed by atoms with Crippen LogP contribution in [0.2, 0.25) is 0 Å². The number of hydrogen-bond donors (Lipinski definition) is 1. The van der Waals surface area contributed by atoms with E-state index in [0.717, 1.165) is 29.4 Å². The zero-order valence-electron chi connectivity index (χ0n) is 12.3. The summed E-state index contributed by atoms with van der Waals surface area (Å²) in [5.74, 6) is 0.962. The molecule has 2 nitrogen and oxygen atoms in total. The largest absolute Gasteiger partial charge is 0.389 e. The molecule has 1 N–H and O–H groups in total. The van der Waals surface area contributed by atoms with Gasteiger partial charge in [0.25, 0.3) is 0 Å². The lowest BCUT2D eigenvalue weighted by Crippen LogP contribution is -2.43. The van der Waals surface area contributed by atoms with Gasteiger partial charge in [0, 0.05) is 17.5 Å². The maximum Gasteiger partial charge on any atom is 0.0730 e. The Morgan fingerprint density at radius 3 is 2.80 bits per heavy atom. The molecule has 3 unspecified atom stereocenters. The van der Waals surface area contributed by atoms with Crippen LogP contribution in [0, 0.1) is 11.8 Å². The van der Waals surface area contributed by atoms with E-state index >= 15 is 0 Å². The van der Waals surface area contributed by atoms with Crippen LogP contribution in [0.1, 0.15) is 38.8 Å². The first-order chi connectivity index (χ1) is 9.57. The molecule has 1 aromatic heterocycles. The molecule has 2 aromatic rings. The third-order valence-corrected chi connectivity index (χ3v) is 4.86. The Morgan fingerprint density at radius 1 is 1.15 bits per heavy atom. The van der Waals surface area contributed by atoms with Gasteiger partial charge in [0.15, 0.2) is 0 Å². The molecule has 106 valence electrons. The number of fused-ring (bicyclic) bond motifs is 1. The highest BCUT2D eigenvalue weighted by Crippen LogP contribution is 2.38. The van der Waals surface area contributed by atoms with E-state index < -0.39 is 5.60 Å². The van der Waals surface area contributed by atoms with E-state index in [2.05, 4.69) is 32.0 Å². The Kier molecular flexibility index (Phi) is 3.51. The third kappa shape index (κ3) is 2.57. The maximum absolute atomic E-state index is 11.0. The second kappa shape index (κ2) is 5.17. The van der Waals surface area contributed by atoms with Crippen LogP contribution in [0.4, 0.5) is 0 Å². The van der Waals surface area contributed by atoms with Crippen LogP contribution in [0.5, 0.6) is 0 Å². The van der Waals surface area contributed by atoms with Crippen molar-refractivity contribution in [3.8, 4) is 0 Å². The SMILES string of the molecule is CC1CCC(C)C(O)(Cc2ccc3ccccc3n2)C1. The van der Waals surface area contributed by atoms with Gasteiger partial charge in [-0.15, -0.1) is 0 Å². The molecule has 3 rings (SSSR count). The number of rotatable bonds is 2. The first kappa shape index (κ1) is 13.6. The summed E-state index contributed by atoms with van der Waals surface area (Å²) in [5, 5.41) is 12.2. The van der Waals surface area contributed by atoms with Crippen molar-refractivity contribution in [2.75, 3.05) is 0 Å². The Labute approximate surface area is 120 Å². The normalized spacial score (nSPS) is 30.6. The van der Waals surface area contributed by atoms with E-state index in [1.54, 1.807) is 0 Å². The highest BCUT2D eigenvalue weighted by molar-refractivity contribution is 5.78. The summed E-state index contributed by atoms with van der Waals surface area (Å²) >= 11 is 0. The summed E-state index contributed by atoms with van der Waals surface area (Å²) < 4.78 is 0. The number of nitrogens with zero attached hydrogens (tertiary/aromatic N) is 1. The predicted molar refractivity (Wildman–Crippen MR) is 82.6 cm³/mol. The molecule has 0 radical (unpaired) electrons. The summed E-state index contributed by atoms with van der Waals surface area (Å²) in [7, 11) is 0. The highest BCUT2D eigenvalue weighted by atomic mass is 16.3. The fourth-order valence-electron chi connectivity index (χ4n) is 3.48. The van der Waals surface area contributed by atoms with Gasteiger partial charge in [0.1, 0.15) is 0 Å². The highest BCUT2D eigenvalue weighted by Gasteiger charge is 2.39. The van der Waals surface area contributed by atoms with Crippen molar-refractivity contribution in [3.05, 3.63) is 42.1 Å². The molecule has 1 saturated carbocycles. The Hall–Kier alpha value is -1.41. The zero-order chi connectivity index (χ0) is 14.2. The number of hydrogen-bond acceptors (Lipinski definition) is 2. The van der Waals surface area contributed by atoms with Crippen molar-refractivity contribution >= 4 is 10.9 Å². The minimum atomic E-state index is -0.590. The van der Waals surface area contributed by atoms with Crippen molar-refractivity contribution in [1.29, 1.82) is 0 Å². The maximum atomic E-state index is 11.0. The Balaban J connectivity index is 1.87. The van der Waals surface area contributed by atoms with Crippen molar-refractivity contribution in [3.63, 3.8) is 0 Å². The van der Waals surface area contributed by atoms with Gasteiger partial charge in [-0.1, -0.05) is 44.5 Å². The Morgan fingerprint density at radius 2 is 1.95 bits per heavy atom. The minimum Gasteiger partial charge on any atom is -0.389 e. The molecule has 0 aliphatic heterocycles. The lowest BCUT2D eigenvalue weighted by atomic mass is 9.70. The molecule has 1 aliphatic rings. The molecule has 20 heavy (non-hydrogen) atoms. The minimum absolute atomic E-state index is 0.354. The van der Waals surface area contributed by atoms with Crippen molar-refractivity contribution in [1.82, 2.24) is 4.98 Å². The van der Waals surface area contributed by atoms with E-state index in [1.807, 2.05) is 18.2 Å². The number of aliphatic hydroxyl groups is 1. The van der Waals surface area contributed by atoms with Crippen molar-refractivity contribution < 1.29 is 5.11 Å². The smallest absolute Gasteiger partial charge is 0.0730 e. The van der Waals surface area contributed by atoms with Crippen LogP contribution in [0.25, 0.3) is 10.9 Å². The topological polar surface area (TPSA) is 33.1 Å². The van der Waals surface area contributed by atoms with E-state index in [0.29, 0.717) is 18.3 Å². The van der Waals surface area contributed by atoms with Gasteiger partial charge < -0.3 is 5.11 Å². The van der Waals surface area contributed by atoms with E-state index in [1.165, 1.54) is 6.42 Å². The summed E-state index contributed by atoms with van der Waals surface area (Å²) in [5.41, 5.74) is 1.44. The summed E-state index contributed by atoms with van der Waals surface area (Å²) in [6.45, 7) is 4.41. The first-order valence-corrected chi connectivity index (χ1v) is 7.64. The molecule has 0 spiro atoms. The molecule has 3 atom stereocenters. The van der Waals surface area contributed by atoms with Gasteiger partial charge >= 0.3 is 0 Å². The predicted octanol–water partition coefficient (Wildman–Crippen LogP) is 3.96. The molecule has 1 fully saturated rings. The summed E-state index contributed by atoms with van der Waals surface area (Å²) in [6, 6.07) is 12.3. The second-order valence-electron chi connectivity index (χ2n) is 6.56. The van der Waals surface area contributed by atoms with Crippen LogP contribution in [-0.4, -0.2) is 15.7 Å². The van der Waals surface area contributed by atoms with Gasteiger partial charge in [-0.2, -0.15) is 0 Å². The quantitative estimate of drug-likeness (QED) is 0.895. The molecule has 0 bridgehead atoms. The van der Waals surface area contributed by atoms with E-state index in [4.69, 9.17) is 4.98 Å². The third-order valence-electron chi connectivity index (χ3n) is 4.86. The fraction of sp³-hybridized carbons (Fsp3) is 0.500. The number of para-hydroxylation sites is 1. The average molecular weight is 269 g/mol. The van der Waals surface area contributed by atoms with Gasteiger partial charge in [-0.05, 0) is 36.8 Å². The summed E-state index contributed by atoms with van der Waals surface area (Å²) in [6.07, 6.45) is 3.91. The zero-order valence-corrected chi connectivity index (χ0v) is 12.3. The van der Waals surface area contributed by atoms with Crippen molar-refractivity contribution in [2.24, 2.45) is 11.8 Å². The molecule has 1 aliphatic carbocycles. The molecule has 2 heteroatoms. The van der Waals surface area contributed by atoms with Crippen LogP contribution >= 0.6 is 0 Å². The molecule has 1 heterocycles. The van der Waals surface area contributed by atoms with Gasteiger partial charge in [0.2, 0.25) is 0 Å². The van der Waals surface area contributed by atoms with E-state index in [9.17, 15) is 5.11 Å². The second-order valence-corrected chi connectivity index (χ2v) is 6.56. The lowest BCUT2D eigenvalue weighted by Gasteiger charge is -2.41. The van der Waals surface area contributed by atoms with Crippen LogP contribution in [-0.2, 0) is 6.42 Å². The molecule has 1 aromatic carbocycles. The molecular weight excluding hydrogens is 246 g/mol. The first-order valence-electron chi connectivity index (χ1n) is 7.64. The molecular formula is C18H23NO. The van der Waals surface area contributed by atoms with Gasteiger partial charge in [-0.3, -0.25) is 4.98 Å².